The lowest BCUT2D eigenvalue weighted by atomic mass is 10.1. The topological polar surface area (TPSA) is 79.7 Å². The van der Waals surface area contributed by atoms with Gasteiger partial charge in [-0.3, -0.25) is 4.68 Å². The average Bonchev–Trinajstić information content (AvgIpc) is 2.76. The molecule has 6 heteroatoms. The number of benzene rings is 1. The summed E-state index contributed by atoms with van der Waals surface area (Å²) in [5.74, 6) is 0.885. The van der Waals surface area contributed by atoms with Crippen LogP contribution in [-0.4, -0.2) is 27.4 Å². The van der Waals surface area contributed by atoms with Gasteiger partial charge in [0.2, 0.25) is 0 Å². The SMILES string of the molecule is CCN(c1ccc(C)cc1)c1c(C(N)=NO)c(C)nn1C. The lowest BCUT2D eigenvalue weighted by Gasteiger charge is -2.24. The number of oxime groups is 1. The van der Waals surface area contributed by atoms with E-state index in [0.29, 0.717) is 5.56 Å². The number of rotatable bonds is 4. The van der Waals surface area contributed by atoms with E-state index in [2.05, 4.69) is 53.3 Å². The highest BCUT2D eigenvalue weighted by atomic mass is 16.4. The zero-order valence-electron chi connectivity index (χ0n) is 12.8. The van der Waals surface area contributed by atoms with Crippen LogP contribution in [0.4, 0.5) is 11.5 Å². The van der Waals surface area contributed by atoms with Gasteiger partial charge in [-0.05, 0) is 32.9 Å². The standard InChI is InChI=1S/C15H21N5O/c1-5-20(12-8-6-10(2)7-9-12)15-13(14(16)18-21)11(3)17-19(15)4/h6-9,21H,5H2,1-4H3,(H2,16,18). The van der Waals surface area contributed by atoms with Gasteiger partial charge in [0, 0.05) is 19.3 Å². The Morgan fingerprint density at radius 2 is 1.95 bits per heavy atom. The van der Waals surface area contributed by atoms with Gasteiger partial charge in [0.05, 0.1) is 11.3 Å². The average molecular weight is 287 g/mol. The van der Waals surface area contributed by atoms with Crippen molar-refractivity contribution in [2.75, 3.05) is 11.4 Å². The van der Waals surface area contributed by atoms with Gasteiger partial charge in [-0.25, -0.2) is 0 Å². The summed E-state index contributed by atoms with van der Waals surface area (Å²) < 4.78 is 1.76. The number of aromatic nitrogens is 2. The van der Waals surface area contributed by atoms with Crippen molar-refractivity contribution in [3.63, 3.8) is 0 Å². The van der Waals surface area contributed by atoms with Crippen LogP contribution < -0.4 is 10.6 Å². The van der Waals surface area contributed by atoms with E-state index < -0.39 is 0 Å². The van der Waals surface area contributed by atoms with Crippen molar-refractivity contribution in [1.29, 1.82) is 0 Å². The number of anilines is 2. The third-order valence-electron chi connectivity index (χ3n) is 3.47. The van der Waals surface area contributed by atoms with Crippen molar-refractivity contribution in [3.05, 3.63) is 41.1 Å². The molecule has 0 atom stereocenters. The minimum absolute atomic E-state index is 0.0705. The Hall–Kier alpha value is -2.50. The lowest BCUT2D eigenvalue weighted by Crippen LogP contribution is -2.24. The maximum Gasteiger partial charge on any atom is 0.175 e. The molecule has 1 aromatic heterocycles. The minimum atomic E-state index is 0.0705. The van der Waals surface area contributed by atoms with Crippen LogP contribution >= 0.6 is 0 Å². The van der Waals surface area contributed by atoms with Crippen LogP contribution in [0.1, 0.15) is 23.7 Å². The summed E-state index contributed by atoms with van der Waals surface area (Å²) in [6.45, 7) is 6.70. The lowest BCUT2D eigenvalue weighted by molar-refractivity contribution is 0.318. The molecule has 21 heavy (non-hydrogen) atoms. The number of amidine groups is 1. The molecule has 0 spiro atoms. The fourth-order valence-electron chi connectivity index (χ4n) is 2.48. The van der Waals surface area contributed by atoms with E-state index in [0.717, 1.165) is 23.7 Å². The highest BCUT2D eigenvalue weighted by Gasteiger charge is 2.22. The summed E-state index contributed by atoms with van der Waals surface area (Å²) in [5.41, 5.74) is 9.45. The third-order valence-corrected chi connectivity index (χ3v) is 3.47. The first kappa shape index (κ1) is 14.9. The first-order chi connectivity index (χ1) is 9.99. The van der Waals surface area contributed by atoms with Gasteiger partial charge < -0.3 is 15.8 Å². The number of hydrogen-bond acceptors (Lipinski definition) is 4. The summed E-state index contributed by atoms with van der Waals surface area (Å²) in [6.07, 6.45) is 0. The molecule has 2 aromatic rings. The molecule has 3 N–H and O–H groups in total. The highest BCUT2D eigenvalue weighted by molar-refractivity contribution is 6.03. The second-order valence-electron chi connectivity index (χ2n) is 4.97. The molecule has 1 heterocycles. The largest absolute Gasteiger partial charge is 0.409 e. The molecule has 0 unspecified atom stereocenters. The molecule has 0 fully saturated rings. The molecule has 0 aliphatic carbocycles. The Kier molecular flexibility index (Phi) is 4.16. The Morgan fingerprint density at radius 1 is 1.33 bits per heavy atom. The smallest absolute Gasteiger partial charge is 0.175 e. The molecule has 0 saturated heterocycles. The van der Waals surface area contributed by atoms with Gasteiger partial charge in [0.25, 0.3) is 0 Å². The molecule has 0 aliphatic heterocycles. The van der Waals surface area contributed by atoms with Crippen molar-refractivity contribution >= 4 is 17.3 Å². The van der Waals surface area contributed by atoms with Crippen LogP contribution in [0.15, 0.2) is 29.4 Å². The summed E-state index contributed by atoms with van der Waals surface area (Å²) in [4.78, 5) is 2.09. The van der Waals surface area contributed by atoms with Gasteiger partial charge in [0.1, 0.15) is 5.82 Å². The molecule has 112 valence electrons. The van der Waals surface area contributed by atoms with E-state index in [1.165, 1.54) is 5.56 Å². The zero-order valence-corrected chi connectivity index (χ0v) is 12.8. The van der Waals surface area contributed by atoms with E-state index in [4.69, 9.17) is 10.9 Å². The molecular weight excluding hydrogens is 266 g/mol. The number of aryl methyl sites for hydroxylation is 3. The van der Waals surface area contributed by atoms with Gasteiger partial charge >= 0.3 is 0 Å². The fraction of sp³-hybridized carbons (Fsp3) is 0.333. The van der Waals surface area contributed by atoms with Crippen LogP contribution in [0.5, 0.6) is 0 Å². The molecular formula is C15H21N5O. The molecule has 0 amide bonds. The quantitative estimate of drug-likeness (QED) is 0.391. The second kappa shape index (κ2) is 5.87. The van der Waals surface area contributed by atoms with Gasteiger partial charge in [0.15, 0.2) is 5.84 Å². The summed E-state index contributed by atoms with van der Waals surface area (Å²) in [6, 6.07) is 8.23. The van der Waals surface area contributed by atoms with Crippen molar-refractivity contribution in [1.82, 2.24) is 9.78 Å². The Morgan fingerprint density at radius 3 is 2.48 bits per heavy atom. The normalized spacial score (nSPS) is 11.7. The molecule has 0 saturated carbocycles. The Balaban J connectivity index is 2.60. The number of nitrogens with zero attached hydrogens (tertiary/aromatic N) is 4. The molecule has 1 aromatic carbocycles. The van der Waals surface area contributed by atoms with E-state index in [-0.39, 0.29) is 5.84 Å². The summed E-state index contributed by atoms with van der Waals surface area (Å²) in [5, 5.41) is 16.5. The van der Waals surface area contributed by atoms with Crippen LogP contribution in [0.3, 0.4) is 0 Å². The predicted molar refractivity (Wildman–Crippen MR) is 84.3 cm³/mol. The highest BCUT2D eigenvalue weighted by Crippen LogP contribution is 2.30. The first-order valence-electron chi connectivity index (χ1n) is 6.85. The van der Waals surface area contributed by atoms with Gasteiger partial charge in [-0.15, -0.1) is 0 Å². The van der Waals surface area contributed by atoms with Crippen molar-refractivity contribution in [2.24, 2.45) is 17.9 Å². The molecule has 0 bridgehead atoms. The maximum absolute atomic E-state index is 9.02. The van der Waals surface area contributed by atoms with Gasteiger partial charge in [-0.2, -0.15) is 5.10 Å². The number of nitrogens with two attached hydrogens (primary N) is 1. The van der Waals surface area contributed by atoms with Gasteiger partial charge in [-0.1, -0.05) is 22.9 Å². The summed E-state index contributed by atoms with van der Waals surface area (Å²) >= 11 is 0. The molecule has 0 aliphatic rings. The Bertz CT molecular complexity index is 657. The monoisotopic (exact) mass is 287 g/mol. The van der Waals surface area contributed by atoms with Crippen LogP contribution in [0.2, 0.25) is 0 Å². The fourth-order valence-corrected chi connectivity index (χ4v) is 2.48. The summed E-state index contributed by atoms with van der Waals surface area (Å²) in [7, 11) is 1.85. The molecule has 0 radical (unpaired) electrons. The number of hydrogen-bond donors (Lipinski definition) is 2. The second-order valence-corrected chi connectivity index (χ2v) is 4.97. The van der Waals surface area contributed by atoms with Crippen molar-refractivity contribution in [2.45, 2.75) is 20.8 Å². The van der Waals surface area contributed by atoms with Crippen molar-refractivity contribution in [3.8, 4) is 0 Å². The van der Waals surface area contributed by atoms with Crippen LogP contribution in [-0.2, 0) is 7.05 Å². The van der Waals surface area contributed by atoms with E-state index >= 15 is 0 Å². The minimum Gasteiger partial charge on any atom is -0.409 e. The van der Waals surface area contributed by atoms with Crippen LogP contribution in [0.25, 0.3) is 0 Å². The maximum atomic E-state index is 9.02. The predicted octanol–water partition coefficient (Wildman–Crippen LogP) is 2.29. The zero-order chi connectivity index (χ0) is 15.6. The molecule has 6 nitrogen and oxygen atoms in total. The van der Waals surface area contributed by atoms with E-state index in [1.54, 1.807) is 4.68 Å². The van der Waals surface area contributed by atoms with Crippen molar-refractivity contribution < 1.29 is 5.21 Å². The van der Waals surface area contributed by atoms with E-state index in [9.17, 15) is 0 Å². The molecule has 2 rings (SSSR count). The van der Waals surface area contributed by atoms with E-state index in [1.807, 2.05) is 14.0 Å². The van der Waals surface area contributed by atoms with Crippen LogP contribution in [0, 0.1) is 13.8 Å². The Labute approximate surface area is 124 Å². The third kappa shape index (κ3) is 2.69. The first-order valence-corrected chi connectivity index (χ1v) is 6.85.